The van der Waals surface area contributed by atoms with Crippen LogP contribution in [0.15, 0.2) is 35.2 Å². The molecule has 0 bridgehead atoms. The van der Waals surface area contributed by atoms with Gasteiger partial charge in [0, 0.05) is 42.7 Å². The van der Waals surface area contributed by atoms with Gasteiger partial charge in [-0.25, -0.2) is 0 Å². The maximum absolute atomic E-state index is 13.3. The maximum atomic E-state index is 13.3. The number of amides is 1. The van der Waals surface area contributed by atoms with Crippen molar-refractivity contribution >= 4 is 43.8 Å². The molecule has 0 aromatic carbocycles. The molecular formula is C23H25N7O2S. The molecule has 0 saturated carbocycles. The summed E-state index contributed by atoms with van der Waals surface area (Å²) in [7, 11) is 0. The van der Waals surface area contributed by atoms with E-state index in [1.54, 1.807) is 18.6 Å². The molecule has 0 spiro atoms. The van der Waals surface area contributed by atoms with Crippen LogP contribution in [0.4, 0.5) is 16.4 Å². The molecule has 4 aromatic rings. The molecule has 0 aliphatic carbocycles. The molecule has 5 N–H and O–H groups in total. The van der Waals surface area contributed by atoms with E-state index in [1.165, 1.54) is 11.3 Å². The number of aromatic nitrogens is 3. The summed E-state index contributed by atoms with van der Waals surface area (Å²) in [5, 5.41) is 7.43. The van der Waals surface area contributed by atoms with Gasteiger partial charge in [-0.3, -0.25) is 14.8 Å². The van der Waals surface area contributed by atoms with Crippen LogP contribution in [0.2, 0.25) is 0 Å². The first-order chi connectivity index (χ1) is 15.9. The monoisotopic (exact) mass is 463 g/mol. The van der Waals surface area contributed by atoms with Gasteiger partial charge in [0.15, 0.2) is 0 Å². The van der Waals surface area contributed by atoms with Crippen molar-refractivity contribution in [3.63, 3.8) is 0 Å². The number of piperidine rings is 1. The largest absolute Gasteiger partial charge is 0.390 e. The van der Waals surface area contributed by atoms with Crippen LogP contribution in [0.1, 0.15) is 34.7 Å². The first kappa shape index (κ1) is 21.4. The third-order valence-electron chi connectivity index (χ3n) is 5.95. The lowest BCUT2D eigenvalue weighted by Gasteiger charge is -2.33. The van der Waals surface area contributed by atoms with Crippen molar-refractivity contribution < 1.29 is 9.32 Å². The standard InChI is InChI=1S/C23H25N7O2S/c1-12-19(13(2)32-29-12)14-8-18-21(27-9-14)20(22(25)33-18)23(31)28-16-10-26-6-5-17(16)30-7-3-4-15(24)11-30/h5-6,8-10,15H,3-4,7,11,24-25H2,1-2H3,(H,28,31)/t15-/m0/s1. The number of nitrogen functional groups attached to an aromatic ring is 1. The Labute approximate surface area is 194 Å². The lowest BCUT2D eigenvalue weighted by molar-refractivity contribution is 0.102. The van der Waals surface area contributed by atoms with Crippen LogP contribution in [-0.2, 0) is 0 Å². The predicted octanol–water partition coefficient (Wildman–Crippen LogP) is 3.73. The fourth-order valence-electron chi connectivity index (χ4n) is 4.42. The molecule has 5 rings (SSSR count). The number of aryl methyl sites for hydroxylation is 2. The second-order valence-corrected chi connectivity index (χ2v) is 9.39. The van der Waals surface area contributed by atoms with E-state index in [0.717, 1.165) is 58.9 Å². The first-order valence-corrected chi connectivity index (χ1v) is 11.6. The van der Waals surface area contributed by atoms with Gasteiger partial charge in [-0.1, -0.05) is 5.16 Å². The predicted molar refractivity (Wildman–Crippen MR) is 131 cm³/mol. The fraction of sp³-hybridized carbons (Fsp3) is 0.304. The maximum Gasteiger partial charge on any atom is 0.260 e. The van der Waals surface area contributed by atoms with Gasteiger partial charge in [0.2, 0.25) is 0 Å². The lowest BCUT2D eigenvalue weighted by Crippen LogP contribution is -2.43. The summed E-state index contributed by atoms with van der Waals surface area (Å²) in [6, 6.07) is 3.98. The number of anilines is 3. The van der Waals surface area contributed by atoms with Crippen LogP contribution in [0.3, 0.4) is 0 Å². The van der Waals surface area contributed by atoms with Crippen molar-refractivity contribution in [1.29, 1.82) is 0 Å². The highest BCUT2D eigenvalue weighted by molar-refractivity contribution is 7.23. The molecule has 9 nitrogen and oxygen atoms in total. The third kappa shape index (κ3) is 3.91. The van der Waals surface area contributed by atoms with Crippen LogP contribution < -0.4 is 21.7 Å². The Balaban J connectivity index is 1.47. The van der Waals surface area contributed by atoms with Gasteiger partial charge in [-0.05, 0) is 38.8 Å². The number of fused-ring (bicyclic) bond motifs is 1. The minimum Gasteiger partial charge on any atom is -0.390 e. The molecule has 1 aliphatic heterocycles. The molecule has 10 heteroatoms. The molecule has 1 aliphatic rings. The van der Waals surface area contributed by atoms with Crippen molar-refractivity contribution in [1.82, 2.24) is 15.1 Å². The number of pyridine rings is 2. The SMILES string of the molecule is Cc1noc(C)c1-c1cnc2c(C(=O)Nc3cnccc3N3CCC[C@H](N)C3)c(N)sc2c1. The third-order valence-corrected chi connectivity index (χ3v) is 6.90. The fourth-order valence-corrected chi connectivity index (χ4v) is 5.39. The van der Waals surface area contributed by atoms with E-state index in [1.807, 2.05) is 26.0 Å². The van der Waals surface area contributed by atoms with Gasteiger partial charge in [0.1, 0.15) is 16.3 Å². The van der Waals surface area contributed by atoms with Crippen LogP contribution >= 0.6 is 11.3 Å². The number of hydrogen-bond acceptors (Lipinski definition) is 9. The van der Waals surface area contributed by atoms with E-state index in [9.17, 15) is 4.79 Å². The van der Waals surface area contributed by atoms with E-state index in [2.05, 4.69) is 25.3 Å². The summed E-state index contributed by atoms with van der Waals surface area (Å²) in [5.41, 5.74) is 17.5. The summed E-state index contributed by atoms with van der Waals surface area (Å²) in [6.45, 7) is 5.37. The topological polar surface area (TPSA) is 136 Å². The van der Waals surface area contributed by atoms with Crippen LogP contribution in [-0.4, -0.2) is 40.2 Å². The van der Waals surface area contributed by atoms with Crippen LogP contribution in [0.25, 0.3) is 21.3 Å². The van der Waals surface area contributed by atoms with Crippen LogP contribution in [0.5, 0.6) is 0 Å². The Kier molecular flexibility index (Phi) is 5.47. The van der Waals surface area contributed by atoms with Crippen molar-refractivity contribution in [2.75, 3.05) is 29.0 Å². The number of nitrogens with one attached hydrogen (secondary N) is 1. The number of thiophene rings is 1. The Bertz CT molecular complexity index is 1330. The summed E-state index contributed by atoms with van der Waals surface area (Å²) < 4.78 is 6.10. The van der Waals surface area contributed by atoms with Crippen molar-refractivity contribution in [2.24, 2.45) is 5.73 Å². The average Bonchev–Trinajstić information content (AvgIpc) is 3.31. The molecule has 170 valence electrons. The normalized spacial score (nSPS) is 16.3. The molecule has 1 atom stereocenters. The summed E-state index contributed by atoms with van der Waals surface area (Å²) >= 11 is 1.33. The highest BCUT2D eigenvalue weighted by Gasteiger charge is 2.24. The smallest absolute Gasteiger partial charge is 0.260 e. The molecular weight excluding hydrogens is 438 g/mol. The molecule has 1 amide bonds. The van der Waals surface area contributed by atoms with Crippen molar-refractivity contribution in [3.05, 3.63) is 47.7 Å². The molecule has 0 radical (unpaired) electrons. The van der Waals surface area contributed by atoms with Crippen LogP contribution in [0, 0.1) is 13.8 Å². The number of nitrogens with zero attached hydrogens (tertiary/aromatic N) is 4. The Morgan fingerprint density at radius 3 is 2.94 bits per heavy atom. The average molecular weight is 464 g/mol. The minimum atomic E-state index is -0.313. The molecule has 4 aromatic heterocycles. The summed E-state index contributed by atoms with van der Waals surface area (Å²) in [5.74, 6) is 0.407. The second kappa shape index (κ2) is 8.45. The number of carbonyl (C=O) groups excluding carboxylic acids is 1. The van der Waals surface area contributed by atoms with Gasteiger partial charge in [0.05, 0.1) is 33.5 Å². The van der Waals surface area contributed by atoms with Gasteiger partial charge in [-0.2, -0.15) is 0 Å². The quantitative estimate of drug-likeness (QED) is 0.416. The van der Waals surface area contributed by atoms with Gasteiger partial charge >= 0.3 is 0 Å². The molecule has 33 heavy (non-hydrogen) atoms. The van der Waals surface area contributed by atoms with Crippen molar-refractivity contribution in [2.45, 2.75) is 32.7 Å². The van der Waals surface area contributed by atoms with Gasteiger partial charge in [-0.15, -0.1) is 11.3 Å². The van der Waals surface area contributed by atoms with Gasteiger partial charge in [0.25, 0.3) is 5.91 Å². The van der Waals surface area contributed by atoms with Crippen molar-refractivity contribution in [3.8, 4) is 11.1 Å². The molecule has 1 saturated heterocycles. The zero-order valence-electron chi connectivity index (χ0n) is 18.5. The Morgan fingerprint density at radius 2 is 2.18 bits per heavy atom. The zero-order chi connectivity index (χ0) is 23.1. The number of nitrogens with two attached hydrogens (primary N) is 2. The van der Waals surface area contributed by atoms with E-state index >= 15 is 0 Å². The number of hydrogen-bond donors (Lipinski definition) is 3. The second-order valence-electron chi connectivity index (χ2n) is 8.31. The molecule has 0 unspecified atom stereocenters. The number of rotatable bonds is 4. The van der Waals surface area contributed by atoms with E-state index in [4.69, 9.17) is 16.0 Å². The van der Waals surface area contributed by atoms with E-state index in [0.29, 0.717) is 21.8 Å². The van der Waals surface area contributed by atoms with E-state index < -0.39 is 0 Å². The Hall–Kier alpha value is -3.50. The van der Waals surface area contributed by atoms with E-state index in [-0.39, 0.29) is 11.9 Å². The lowest BCUT2D eigenvalue weighted by atomic mass is 10.1. The number of carbonyl (C=O) groups is 1. The first-order valence-electron chi connectivity index (χ1n) is 10.8. The molecule has 1 fully saturated rings. The highest BCUT2D eigenvalue weighted by atomic mass is 32.1. The summed E-state index contributed by atoms with van der Waals surface area (Å²) in [6.07, 6.45) is 7.11. The van der Waals surface area contributed by atoms with Gasteiger partial charge < -0.3 is 26.2 Å². The zero-order valence-corrected chi connectivity index (χ0v) is 19.3. The Morgan fingerprint density at radius 1 is 1.33 bits per heavy atom. The summed E-state index contributed by atoms with van der Waals surface area (Å²) in [4.78, 5) is 24.3. The highest BCUT2D eigenvalue weighted by Crippen LogP contribution is 2.37. The molecule has 5 heterocycles. The minimum absolute atomic E-state index is 0.114.